The van der Waals surface area contributed by atoms with E-state index in [9.17, 15) is 32.7 Å². The molecular weight excluding hydrogens is 717 g/mol. The number of aliphatic hydroxyl groups is 1. The molecule has 1 aliphatic rings. The van der Waals surface area contributed by atoms with E-state index in [0.29, 0.717) is 22.7 Å². The Kier molecular flexibility index (Phi) is 11.4. The molecule has 1 heterocycles. The fourth-order valence-electron chi connectivity index (χ4n) is 5.49. The van der Waals surface area contributed by atoms with Crippen molar-refractivity contribution in [1.29, 1.82) is 0 Å². The van der Waals surface area contributed by atoms with Crippen LogP contribution in [0, 0.1) is 0 Å². The van der Waals surface area contributed by atoms with Crippen molar-refractivity contribution in [3.05, 3.63) is 100 Å². The quantitative estimate of drug-likeness (QED) is 0.207. The Morgan fingerprint density at radius 2 is 1.71 bits per heavy atom. The van der Waals surface area contributed by atoms with Crippen LogP contribution in [0.25, 0.3) is 10.8 Å². The molecule has 3 amide bonds. The first-order chi connectivity index (χ1) is 22.3. The van der Waals surface area contributed by atoms with E-state index in [2.05, 4.69) is 26.6 Å². The summed E-state index contributed by atoms with van der Waals surface area (Å²) in [6, 6.07) is 18.8. The van der Waals surface area contributed by atoms with Gasteiger partial charge in [0.2, 0.25) is 5.91 Å². The fraction of sp³-hybridized carbons (Fsp3) is 0.265. The lowest BCUT2D eigenvalue weighted by molar-refractivity contribution is -0.206. The van der Waals surface area contributed by atoms with E-state index < -0.39 is 47.6 Å². The number of hydrogen-bond donors (Lipinski definition) is 3. The van der Waals surface area contributed by atoms with Crippen molar-refractivity contribution in [3.63, 3.8) is 0 Å². The molecule has 5 rings (SSSR count). The number of nitrogens with one attached hydrogen (secondary N) is 2. The first-order valence-corrected chi connectivity index (χ1v) is 15.4. The summed E-state index contributed by atoms with van der Waals surface area (Å²) in [5.74, 6) is -1.03. The van der Waals surface area contributed by atoms with Crippen LogP contribution in [0.1, 0.15) is 34.5 Å². The largest absolute Gasteiger partial charge is 0.496 e. The summed E-state index contributed by atoms with van der Waals surface area (Å²) in [5, 5.41) is 17.0. The lowest BCUT2D eigenvalue weighted by Gasteiger charge is -2.27. The molecule has 3 N–H and O–H groups in total. The van der Waals surface area contributed by atoms with Gasteiger partial charge in [0.25, 0.3) is 11.8 Å². The SMILES string of the molecule is CNC(C)C(=O)N[C@H]1CN(C(=O)c2ccc(C(O)C(F)(F)F)cc2)c2ccccc2N(Cc2c(OC)ccc3cc(Br)ccc23)C1=O.Cl. The molecule has 1 aliphatic heterocycles. The maximum Gasteiger partial charge on any atom is 0.418 e. The molecule has 0 radical (unpaired) electrons. The van der Waals surface area contributed by atoms with E-state index in [1.54, 1.807) is 44.3 Å². The number of nitrogens with zero attached hydrogens (tertiary/aromatic N) is 2. The normalized spacial score (nSPS) is 16.0. The topological polar surface area (TPSA) is 111 Å². The lowest BCUT2D eigenvalue weighted by atomic mass is 10.0. The highest BCUT2D eigenvalue weighted by Crippen LogP contribution is 2.38. The van der Waals surface area contributed by atoms with Crippen LogP contribution in [-0.4, -0.2) is 61.8 Å². The number of likely N-dealkylation sites (N-methyl/N-ethyl adjacent to an activating group) is 1. The van der Waals surface area contributed by atoms with Crippen molar-refractivity contribution in [3.8, 4) is 5.75 Å². The number of benzene rings is 4. The molecule has 0 bridgehead atoms. The third kappa shape index (κ3) is 7.44. The number of carbonyl (C=O) groups is 3. The zero-order valence-electron chi connectivity index (χ0n) is 26.0. The van der Waals surface area contributed by atoms with E-state index in [4.69, 9.17) is 4.74 Å². The van der Waals surface area contributed by atoms with Crippen LogP contribution in [0.2, 0.25) is 0 Å². The van der Waals surface area contributed by atoms with Gasteiger partial charge >= 0.3 is 6.18 Å². The third-order valence-corrected chi connectivity index (χ3v) is 8.64. The van der Waals surface area contributed by atoms with Gasteiger partial charge in [0.15, 0.2) is 6.10 Å². The number of carbonyl (C=O) groups excluding carboxylic acids is 3. The first kappa shape index (κ1) is 36.7. The molecule has 0 fully saturated rings. The molecule has 0 aromatic heterocycles. The zero-order chi connectivity index (χ0) is 34.0. The minimum atomic E-state index is -4.88. The van der Waals surface area contributed by atoms with Crippen molar-refractivity contribution in [1.82, 2.24) is 10.6 Å². The standard InChI is InChI=1S/C34H32BrF3N4O5.ClH/c1-19(39-2)31(44)40-26-18-42(32(45)21-10-8-20(9-11-21)30(43)34(36,37)38)28-7-5-4-6-27(28)41(33(26)46)17-25-24-14-13-23(35)16-22(24)12-15-29(25)47-3;/h4-16,19,26,30,39,43H,17-18H2,1-3H3,(H,40,44);1H/t19?,26-,30?;/m0./s1. The minimum absolute atomic E-state index is 0. The number of rotatable bonds is 8. The van der Waals surface area contributed by atoms with Crippen LogP contribution in [0.5, 0.6) is 5.75 Å². The molecule has 14 heteroatoms. The number of halogens is 5. The number of methoxy groups -OCH3 is 1. The van der Waals surface area contributed by atoms with E-state index in [1.807, 2.05) is 24.3 Å². The number of para-hydroxylation sites is 2. The Morgan fingerprint density at radius 3 is 2.33 bits per heavy atom. The molecule has 4 aromatic carbocycles. The van der Waals surface area contributed by atoms with Crippen molar-refractivity contribution >= 4 is 68.2 Å². The predicted molar refractivity (Wildman–Crippen MR) is 183 cm³/mol. The van der Waals surface area contributed by atoms with Gasteiger partial charge in [-0.15, -0.1) is 12.4 Å². The number of ether oxygens (including phenoxy) is 1. The number of amides is 3. The molecule has 0 saturated heterocycles. The molecule has 9 nitrogen and oxygen atoms in total. The van der Waals surface area contributed by atoms with Gasteiger partial charge in [-0.3, -0.25) is 14.4 Å². The second-order valence-electron chi connectivity index (χ2n) is 11.1. The second-order valence-corrected chi connectivity index (χ2v) is 12.0. The highest BCUT2D eigenvalue weighted by Gasteiger charge is 2.40. The summed E-state index contributed by atoms with van der Waals surface area (Å²) >= 11 is 3.50. The average Bonchev–Trinajstić information content (AvgIpc) is 3.17. The van der Waals surface area contributed by atoms with Crippen LogP contribution in [0.15, 0.2) is 83.3 Å². The van der Waals surface area contributed by atoms with Crippen molar-refractivity contribution in [2.24, 2.45) is 0 Å². The molecule has 48 heavy (non-hydrogen) atoms. The van der Waals surface area contributed by atoms with Crippen molar-refractivity contribution in [2.45, 2.75) is 37.8 Å². The number of alkyl halides is 3. The van der Waals surface area contributed by atoms with Crippen LogP contribution < -0.4 is 25.2 Å². The van der Waals surface area contributed by atoms with Gasteiger partial charge in [-0.2, -0.15) is 13.2 Å². The van der Waals surface area contributed by atoms with Gasteiger partial charge in [-0.05, 0) is 72.8 Å². The van der Waals surface area contributed by atoms with Gasteiger partial charge in [0.05, 0.1) is 37.6 Å². The minimum Gasteiger partial charge on any atom is -0.496 e. The number of anilines is 2. The molecule has 4 aromatic rings. The highest BCUT2D eigenvalue weighted by molar-refractivity contribution is 9.10. The number of aliphatic hydroxyl groups excluding tert-OH is 1. The fourth-order valence-corrected chi connectivity index (χ4v) is 5.87. The lowest BCUT2D eigenvalue weighted by Crippen LogP contribution is -2.55. The van der Waals surface area contributed by atoms with E-state index in [-0.39, 0.29) is 31.1 Å². The highest BCUT2D eigenvalue weighted by atomic mass is 79.9. The summed E-state index contributed by atoms with van der Waals surface area (Å²) in [5.41, 5.74) is 1.03. The summed E-state index contributed by atoms with van der Waals surface area (Å²) in [4.78, 5) is 44.4. The van der Waals surface area contributed by atoms with Crippen molar-refractivity contribution < 1.29 is 37.4 Å². The first-order valence-electron chi connectivity index (χ1n) is 14.6. The Hall–Kier alpha value is -4.17. The van der Waals surface area contributed by atoms with Gasteiger partial charge in [0.1, 0.15) is 11.8 Å². The molecular formula is C34H33BrClF3N4O5. The Balaban J connectivity index is 0.00000520. The maximum atomic E-state index is 14.4. The second kappa shape index (κ2) is 14.9. The van der Waals surface area contributed by atoms with Crippen LogP contribution in [-0.2, 0) is 16.1 Å². The van der Waals surface area contributed by atoms with Crippen molar-refractivity contribution in [2.75, 3.05) is 30.5 Å². The third-order valence-electron chi connectivity index (χ3n) is 8.15. The molecule has 3 atom stereocenters. The molecule has 254 valence electrons. The van der Waals surface area contributed by atoms with Crippen LogP contribution >= 0.6 is 28.3 Å². The number of hydrogen-bond acceptors (Lipinski definition) is 6. The van der Waals surface area contributed by atoms with Crippen LogP contribution in [0.3, 0.4) is 0 Å². The van der Waals surface area contributed by atoms with E-state index >= 15 is 0 Å². The van der Waals surface area contributed by atoms with E-state index in [0.717, 1.165) is 27.4 Å². The Morgan fingerprint density at radius 1 is 1.04 bits per heavy atom. The van der Waals surface area contributed by atoms with Gasteiger partial charge in [-0.25, -0.2) is 0 Å². The molecule has 0 spiro atoms. The molecule has 0 saturated carbocycles. The summed E-state index contributed by atoms with van der Waals surface area (Å²) in [7, 11) is 3.13. The van der Waals surface area contributed by atoms with Gasteiger partial charge in [0, 0.05) is 15.6 Å². The Labute approximate surface area is 289 Å². The van der Waals surface area contributed by atoms with Gasteiger partial charge < -0.3 is 30.3 Å². The average molecular weight is 750 g/mol. The Bertz CT molecular complexity index is 1830. The monoisotopic (exact) mass is 748 g/mol. The summed E-state index contributed by atoms with van der Waals surface area (Å²) in [6.07, 6.45) is -7.59. The molecule has 2 unspecified atom stereocenters. The van der Waals surface area contributed by atoms with Gasteiger partial charge in [-0.1, -0.05) is 52.3 Å². The zero-order valence-corrected chi connectivity index (χ0v) is 28.4. The summed E-state index contributed by atoms with van der Waals surface area (Å²) < 4.78 is 45.9. The predicted octanol–water partition coefficient (Wildman–Crippen LogP) is 5.91. The summed E-state index contributed by atoms with van der Waals surface area (Å²) in [6.45, 7) is 1.39. The maximum absolute atomic E-state index is 14.4. The van der Waals surface area contributed by atoms with E-state index in [1.165, 1.54) is 29.0 Å². The smallest absolute Gasteiger partial charge is 0.418 e. The number of fused-ring (bicyclic) bond motifs is 2. The van der Waals surface area contributed by atoms with Crippen LogP contribution in [0.4, 0.5) is 24.5 Å². The molecule has 0 aliphatic carbocycles.